The second kappa shape index (κ2) is 8.49. The fourth-order valence-corrected chi connectivity index (χ4v) is 4.76. The Balaban J connectivity index is 1.47. The summed E-state index contributed by atoms with van der Waals surface area (Å²) in [7, 11) is 0. The van der Waals surface area contributed by atoms with Crippen LogP contribution in [0.3, 0.4) is 0 Å². The van der Waals surface area contributed by atoms with E-state index in [0.29, 0.717) is 49.8 Å². The molecular formula is C26H25Cl2N7. The average Bonchev–Trinajstić information content (AvgIpc) is 3.78. The molecule has 4 N–H and O–H groups in total. The van der Waals surface area contributed by atoms with E-state index in [0.717, 1.165) is 31.1 Å². The zero-order valence-electron chi connectivity index (χ0n) is 20.1. The minimum Gasteiger partial charge on any atom is -0.378 e. The number of hydrazine groups is 2. The number of pyridine rings is 1. The van der Waals surface area contributed by atoms with E-state index >= 15 is 0 Å². The molecule has 6 rings (SSSR count). The minimum atomic E-state index is -1.46. The molecule has 2 aromatic carbocycles. The van der Waals surface area contributed by atoms with Gasteiger partial charge < -0.3 is 16.1 Å². The minimum absolute atomic E-state index is 0.0525. The van der Waals surface area contributed by atoms with Crippen LogP contribution in [0.25, 0.3) is 10.9 Å². The van der Waals surface area contributed by atoms with Crippen LogP contribution in [-0.4, -0.2) is 21.6 Å². The van der Waals surface area contributed by atoms with Crippen LogP contribution in [0.2, 0.25) is 10.0 Å². The highest BCUT2D eigenvalue weighted by molar-refractivity contribution is 6.36. The number of fused-ring (bicyclic) bond motifs is 1. The molecule has 2 heterocycles. The molecule has 2 fully saturated rings. The molecule has 35 heavy (non-hydrogen) atoms. The maximum atomic E-state index is 9.77. The summed E-state index contributed by atoms with van der Waals surface area (Å²) in [4.78, 5) is 4.46. The first-order valence-corrected chi connectivity index (χ1v) is 12.4. The Hall–Kier alpha value is -3.18. The third-order valence-corrected chi connectivity index (χ3v) is 7.30. The van der Waals surface area contributed by atoms with Crippen molar-refractivity contribution in [3.63, 3.8) is 0 Å². The summed E-state index contributed by atoms with van der Waals surface area (Å²) >= 11 is 13.3. The molecule has 3 aromatic rings. The smallest absolute Gasteiger partial charge is 0.103 e. The zero-order valence-corrected chi connectivity index (χ0v) is 20.6. The first kappa shape index (κ1) is 21.1. The first-order valence-electron chi connectivity index (χ1n) is 12.2. The maximum Gasteiger partial charge on any atom is 0.103 e. The van der Waals surface area contributed by atoms with Crippen molar-refractivity contribution in [3.05, 3.63) is 75.7 Å². The van der Waals surface area contributed by atoms with Crippen LogP contribution >= 0.6 is 23.2 Å². The van der Waals surface area contributed by atoms with Crippen molar-refractivity contribution < 1.29 is 1.37 Å². The number of anilines is 2. The van der Waals surface area contributed by atoms with Gasteiger partial charge in [0.05, 0.1) is 34.9 Å². The second-order valence-electron chi connectivity index (χ2n) is 9.60. The fourth-order valence-electron chi connectivity index (χ4n) is 4.26. The molecule has 2 saturated carbocycles. The van der Waals surface area contributed by atoms with E-state index in [1.54, 1.807) is 18.3 Å². The van der Waals surface area contributed by atoms with Crippen LogP contribution in [0.4, 0.5) is 11.4 Å². The quantitative estimate of drug-likeness (QED) is 0.319. The van der Waals surface area contributed by atoms with Gasteiger partial charge in [-0.2, -0.15) is 5.26 Å². The summed E-state index contributed by atoms with van der Waals surface area (Å²) in [6.45, 7) is 2.13. The standard InChI is InChI=1S/C26H25Cl2N7/c1-26(8-9-26)32-23-15(12-29)13-30-24-19(23)10-16(11-21(24)28)31-25(18-4-2-3-5-20(18)27)22-14-35(34-33-22)17-6-7-17/h2-5,10-11,13-14,17,25,31,33-34H,6-9H2,1H3,(H,30,32)/t25-/m1/s1/i25D. The van der Waals surface area contributed by atoms with Gasteiger partial charge in [-0.25, -0.2) is 0 Å². The number of nitrogens with one attached hydrogen (secondary N) is 4. The number of rotatable bonds is 7. The van der Waals surface area contributed by atoms with Crippen molar-refractivity contribution in [2.45, 2.75) is 50.2 Å². The molecule has 0 bridgehead atoms. The number of hydrogen-bond acceptors (Lipinski definition) is 7. The van der Waals surface area contributed by atoms with Gasteiger partial charge in [0, 0.05) is 40.1 Å². The van der Waals surface area contributed by atoms with Crippen LogP contribution in [0, 0.1) is 11.3 Å². The van der Waals surface area contributed by atoms with Gasteiger partial charge in [0.1, 0.15) is 6.07 Å². The lowest BCUT2D eigenvalue weighted by atomic mass is 10.0. The van der Waals surface area contributed by atoms with Crippen molar-refractivity contribution >= 4 is 45.5 Å². The molecule has 9 heteroatoms. The highest BCUT2D eigenvalue weighted by Crippen LogP contribution is 2.43. The van der Waals surface area contributed by atoms with Gasteiger partial charge in [-0.1, -0.05) is 41.4 Å². The molecule has 1 aliphatic heterocycles. The Morgan fingerprint density at radius 2 is 2.06 bits per heavy atom. The molecular weight excluding hydrogens is 481 g/mol. The van der Waals surface area contributed by atoms with E-state index in [4.69, 9.17) is 23.2 Å². The number of hydrogen-bond donors (Lipinski definition) is 4. The van der Waals surface area contributed by atoms with Crippen molar-refractivity contribution in [2.75, 3.05) is 10.6 Å². The summed E-state index contributed by atoms with van der Waals surface area (Å²) in [5, 5.41) is 20.3. The first-order chi connectivity index (χ1) is 17.3. The lowest BCUT2D eigenvalue weighted by molar-refractivity contribution is 0.260. The molecule has 0 spiro atoms. The second-order valence-corrected chi connectivity index (χ2v) is 10.4. The van der Waals surface area contributed by atoms with E-state index in [1.807, 2.05) is 35.5 Å². The average molecular weight is 507 g/mol. The molecule has 1 aromatic heterocycles. The lowest BCUT2D eigenvalue weighted by Crippen LogP contribution is -2.38. The van der Waals surface area contributed by atoms with E-state index in [1.165, 1.54) is 0 Å². The highest BCUT2D eigenvalue weighted by Gasteiger charge is 2.38. The number of benzene rings is 2. The van der Waals surface area contributed by atoms with Gasteiger partial charge in [-0.05, 0) is 56.4 Å². The summed E-state index contributed by atoms with van der Waals surface area (Å²) in [5.41, 5.74) is 9.83. The fraction of sp³-hybridized carbons (Fsp3) is 0.308. The molecule has 7 nitrogen and oxygen atoms in total. The summed E-state index contributed by atoms with van der Waals surface area (Å²) in [6.07, 6.45) is 7.73. The van der Waals surface area contributed by atoms with Crippen LogP contribution < -0.4 is 21.6 Å². The largest absolute Gasteiger partial charge is 0.378 e. The third-order valence-electron chi connectivity index (χ3n) is 6.68. The molecule has 3 aliphatic rings. The van der Waals surface area contributed by atoms with Gasteiger partial charge in [-0.15, -0.1) is 5.53 Å². The van der Waals surface area contributed by atoms with Gasteiger partial charge >= 0.3 is 0 Å². The summed E-state index contributed by atoms with van der Waals surface area (Å²) in [5.74, 6) is 0. The summed E-state index contributed by atoms with van der Waals surface area (Å²) < 4.78 is 9.63. The Morgan fingerprint density at radius 3 is 2.77 bits per heavy atom. The molecule has 0 radical (unpaired) electrons. The molecule has 0 unspecified atom stereocenters. The Morgan fingerprint density at radius 1 is 1.26 bits per heavy atom. The Labute approximate surface area is 215 Å². The van der Waals surface area contributed by atoms with E-state index in [-0.39, 0.29) is 5.54 Å². The predicted molar refractivity (Wildman–Crippen MR) is 140 cm³/mol. The van der Waals surface area contributed by atoms with E-state index in [2.05, 4.69) is 39.6 Å². The molecule has 1 atom stereocenters. The van der Waals surface area contributed by atoms with Crippen molar-refractivity contribution in [1.82, 2.24) is 21.0 Å². The van der Waals surface area contributed by atoms with Gasteiger partial charge in [0.25, 0.3) is 0 Å². The molecule has 178 valence electrons. The molecule has 0 amide bonds. The predicted octanol–water partition coefficient (Wildman–Crippen LogP) is 5.86. The van der Waals surface area contributed by atoms with Crippen molar-refractivity contribution in [1.29, 1.82) is 5.26 Å². The van der Waals surface area contributed by atoms with Gasteiger partial charge in [0.2, 0.25) is 0 Å². The van der Waals surface area contributed by atoms with Crippen molar-refractivity contribution in [2.24, 2.45) is 0 Å². The normalized spacial score (nSPS) is 20.3. The topological polar surface area (TPSA) is 88.0 Å². The van der Waals surface area contributed by atoms with Gasteiger partial charge in [-0.3, -0.25) is 9.99 Å². The van der Waals surface area contributed by atoms with Gasteiger partial charge in [0.15, 0.2) is 0 Å². The van der Waals surface area contributed by atoms with Crippen molar-refractivity contribution in [3.8, 4) is 6.07 Å². The molecule has 2 aliphatic carbocycles. The van der Waals surface area contributed by atoms with Crippen LogP contribution in [-0.2, 0) is 0 Å². The number of aromatic nitrogens is 1. The number of nitrogens with zero attached hydrogens (tertiary/aromatic N) is 3. The lowest BCUT2D eigenvalue weighted by Gasteiger charge is -2.23. The highest BCUT2D eigenvalue weighted by atomic mass is 35.5. The zero-order chi connectivity index (χ0) is 25.1. The third kappa shape index (κ3) is 4.34. The van der Waals surface area contributed by atoms with Crippen LogP contribution in [0.1, 0.15) is 51.1 Å². The Bertz CT molecular complexity index is 1440. The van der Waals surface area contributed by atoms with Crippen LogP contribution in [0.15, 0.2) is 54.5 Å². The van der Waals surface area contributed by atoms with E-state index < -0.39 is 6.02 Å². The number of nitriles is 1. The SMILES string of the molecule is [2H][C@](Nc1cc(Cl)c2ncc(C#N)c(NC3(C)CC3)c2c1)(C1=CN(C2CC2)NN1)c1ccccc1Cl. The Kier molecular flexibility index (Phi) is 5.13. The monoisotopic (exact) mass is 506 g/mol. The number of halogens is 2. The summed E-state index contributed by atoms with van der Waals surface area (Å²) in [6, 6.07) is 12.2. The molecule has 0 saturated heterocycles. The van der Waals surface area contributed by atoms with E-state index in [9.17, 15) is 6.63 Å². The maximum absolute atomic E-state index is 9.77. The van der Waals surface area contributed by atoms with Crippen LogP contribution in [0.5, 0.6) is 0 Å².